The number of aryl methyl sites for hydroxylation is 1. The summed E-state index contributed by atoms with van der Waals surface area (Å²) in [6.07, 6.45) is 3.21. The first kappa shape index (κ1) is 9.44. The third-order valence-electron chi connectivity index (χ3n) is 2.17. The number of imidazole rings is 1. The van der Waals surface area contributed by atoms with Gasteiger partial charge in [0.15, 0.2) is 0 Å². The van der Waals surface area contributed by atoms with Crippen molar-refractivity contribution in [2.45, 2.75) is 0 Å². The molecule has 15 heavy (non-hydrogen) atoms. The zero-order valence-corrected chi connectivity index (χ0v) is 8.34. The van der Waals surface area contributed by atoms with Crippen molar-refractivity contribution in [3.05, 3.63) is 42.4 Å². The van der Waals surface area contributed by atoms with Gasteiger partial charge in [-0.3, -0.25) is 0 Å². The van der Waals surface area contributed by atoms with E-state index in [1.807, 2.05) is 43.6 Å². The first-order valence-corrected chi connectivity index (χ1v) is 4.61. The maximum atomic E-state index is 10.2. The van der Waals surface area contributed by atoms with Crippen molar-refractivity contribution in [1.29, 1.82) is 0 Å². The fourth-order valence-corrected chi connectivity index (χ4v) is 1.42. The molecule has 2 aromatic rings. The summed E-state index contributed by atoms with van der Waals surface area (Å²) in [6.45, 7) is 0. The number of aromatic nitrogens is 2. The fraction of sp³-hybridized carbons (Fsp3) is 0.0833. The molecule has 0 radical (unpaired) electrons. The quantitative estimate of drug-likeness (QED) is 0.691. The van der Waals surface area contributed by atoms with Crippen molar-refractivity contribution >= 4 is 12.0 Å². The maximum absolute atomic E-state index is 10.2. The van der Waals surface area contributed by atoms with Crippen molar-refractivity contribution in [2.24, 2.45) is 7.05 Å². The Labute approximate surface area is 87.7 Å². The summed E-state index contributed by atoms with van der Waals surface area (Å²) in [7, 11) is 1.85. The third kappa shape index (κ3) is 1.87. The molecule has 0 bridgehead atoms. The molecule has 1 aromatic heterocycles. The van der Waals surface area contributed by atoms with Gasteiger partial charge in [-0.15, -0.1) is 0 Å². The Morgan fingerprint density at radius 3 is 2.73 bits per heavy atom. The van der Waals surface area contributed by atoms with Gasteiger partial charge in [0.25, 0.3) is 0 Å². The number of carbonyl (C=O) groups excluding carboxylic acids is 1. The van der Waals surface area contributed by atoms with E-state index >= 15 is 0 Å². The molecule has 0 aliphatic heterocycles. The summed E-state index contributed by atoms with van der Waals surface area (Å²) >= 11 is 0. The van der Waals surface area contributed by atoms with Crippen LogP contribution in [0.5, 0.6) is 0 Å². The summed E-state index contributed by atoms with van der Waals surface area (Å²) in [5, 5.41) is 0. The van der Waals surface area contributed by atoms with Crippen molar-refractivity contribution in [2.75, 3.05) is 0 Å². The molecule has 1 aromatic carbocycles. The Morgan fingerprint density at radius 2 is 2.07 bits per heavy atom. The van der Waals surface area contributed by atoms with E-state index in [0.717, 1.165) is 11.3 Å². The van der Waals surface area contributed by atoms with Gasteiger partial charge in [0.05, 0.1) is 11.8 Å². The zero-order chi connectivity index (χ0) is 10.7. The van der Waals surface area contributed by atoms with Crippen LogP contribution in [0, 0.1) is 0 Å². The Bertz CT molecular complexity index is 508. The molecular formula is C12H10N2O. The van der Waals surface area contributed by atoms with Crippen LogP contribution >= 0.6 is 0 Å². The van der Waals surface area contributed by atoms with Crippen LogP contribution in [-0.4, -0.2) is 15.5 Å². The number of hydrogen-bond acceptors (Lipinski definition) is 2. The highest BCUT2D eigenvalue weighted by Crippen LogP contribution is 2.17. The van der Waals surface area contributed by atoms with E-state index in [0.29, 0.717) is 5.82 Å². The van der Waals surface area contributed by atoms with Gasteiger partial charge in [0, 0.05) is 18.8 Å². The van der Waals surface area contributed by atoms with Gasteiger partial charge < -0.3 is 4.57 Å². The monoisotopic (exact) mass is 198 g/mol. The highest BCUT2D eigenvalue weighted by molar-refractivity contribution is 5.73. The van der Waals surface area contributed by atoms with E-state index < -0.39 is 0 Å². The molecule has 0 aliphatic carbocycles. The molecule has 0 N–H and O–H groups in total. The number of nitrogens with zero attached hydrogens (tertiary/aromatic N) is 2. The Morgan fingerprint density at radius 1 is 1.33 bits per heavy atom. The summed E-state index contributed by atoms with van der Waals surface area (Å²) in [5.41, 5.74) is 1.90. The molecule has 0 aliphatic rings. The van der Waals surface area contributed by atoms with Gasteiger partial charge in [-0.2, -0.15) is 0 Å². The average molecular weight is 198 g/mol. The highest BCUT2D eigenvalue weighted by atomic mass is 16.1. The first-order valence-electron chi connectivity index (χ1n) is 4.61. The van der Waals surface area contributed by atoms with Crippen LogP contribution in [0.1, 0.15) is 5.82 Å². The second-order valence-electron chi connectivity index (χ2n) is 3.22. The molecule has 0 spiro atoms. The highest BCUT2D eigenvalue weighted by Gasteiger charge is 2.04. The lowest BCUT2D eigenvalue weighted by atomic mass is 10.2. The largest absolute Gasteiger partial charge is 0.333 e. The maximum Gasteiger partial charge on any atom is 0.144 e. The molecule has 1 heterocycles. The van der Waals surface area contributed by atoms with Crippen LogP contribution < -0.4 is 0 Å². The number of benzene rings is 1. The summed E-state index contributed by atoms with van der Waals surface area (Å²) < 4.78 is 1.80. The van der Waals surface area contributed by atoms with E-state index in [-0.39, 0.29) is 0 Å². The molecule has 0 unspecified atom stereocenters. The fourth-order valence-electron chi connectivity index (χ4n) is 1.42. The number of rotatable bonds is 2. The summed E-state index contributed by atoms with van der Waals surface area (Å²) in [5.74, 6) is 2.35. The van der Waals surface area contributed by atoms with Gasteiger partial charge in [0.1, 0.15) is 11.8 Å². The lowest BCUT2D eigenvalue weighted by Gasteiger charge is -1.92. The van der Waals surface area contributed by atoms with Gasteiger partial charge in [-0.1, -0.05) is 30.3 Å². The van der Waals surface area contributed by atoms with Crippen LogP contribution in [0.3, 0.4) is 0 Å². The molecule has 3 nitrogen and oxygen atoms in total. The van der Waals surface area contributed by atoms with Crippen LogP contribution in [0.2, 0.25) is 0 Å². The molecule has 3 heteroatoms. The lowest BCUT2D eigenvalue weighted by molar-refractivity contribution is 0.570. The molecule has 0 saturated carbocycles. The molecular weight excluding hydrogens is 188 g/mol. The predicted molar refractivity (Wildman–Crippen MR) is 58.8 cm³/mol. The van der Waals surface area contributed by atoms with Crippen LogP contribution in [0.15, 0.2) is 36.5 Å². The van der Waals surface area contributed by atoms with E-state index in [1.165, 1.54) is 6.08 Å². The van der Waals surface area contributed by atoms with Crippen LogP contribution in [0.4, 0.5) is 0 Å². The van der Waals surface area contributed by atoms with Gasteiger partial charge in [-0.25, -0.2) is 9.78 Å². The molecule has 0 atom stereocenters. The zero-order valence-electron chi connectivity index (χ0n) is 8.34. The molecule has 0 fully saturated rings. The van der Waals surface area contributed by atoms with Crippen molar-refractivity contribution in [3.8, 4) is 11.3 Å². The second kappa shape index (κ2) is 3.95. The normalized spacial score (nSPS) is 9.67. The summed E-state index contributed by atoms with van der Waals surface area (Å²) in [6, 6.07) is 9.84. The van der Waals surface area contributed by atoms with E-state index in [9.17, 15) is 4.79 Å². The van der Waals surface area contributed by atoms with Gasteiger partial charge in [0.2, 0.25) is 0 Å². The van der Waals surface area contributed by atoms with Crippen molar-refractivity contribution in [1.82, 2.24) is 9.55 Å². The van der Waals surface area contributed by atoms with E-state index in [1.54, 1.807) is 10.5 Å². The first-order chi connectivity index (χ1) is 7.31. The van der Waals surface area contributed by atoms with Crippen molar-refractivity contribution < 1.29 is 4.79 Å². The minimum Gasteiger partial charge on any atom is -0.333 e. The third-order valence-corrected chi connectivity index (χ3v) is 2.17. The molecule has 2 rings (SSSR count). The second-order valence-corrected chi connectivity index (χ2v) is 3.22. The van der Waals surface area contributed by atoms with Crippen LogP contribution in [0.25, 0.3) is 17.3 Å². The van der Waals surface area contributed by atoms with Crippen LogP contribution in [-0.2, 0) is 11.8 Å². The Kier molecular flexibility index (Phi) is 2.48. The Hall–Kier alpha value is -2.12. The smallest absolute Gasteiger partial charge is 0.144 e. The SMILES string of the molecule is Cn1cc(-c2ccccc2)nc1C=C=O. The van der Waals surface area contributed by atoms with Crippen molar-refractivity contribution in [3.63, 3.8) is 0 Å². The molecule has 0 amide bonds. The standard InChI is InChI=1S/C12H10N2O/c1-14-9-11(13-12(14)7-8-15)10-5-3-2-4-6-10/h2-7,9H,1H3. The summed E-state index contributed by atoms with van der Waals surface area (Å²) in [4.78, 5) is 14.6. The minimum absolute atomic E-state index is 0.615. The Balaban J connectivity index is 2.47. The van der Waals surface area contributed by atoms with Gasteiger partial charge >= 0.3 is 0 Å². The average Bonchev–Trinajstić information content (AvgIpc) is 2.63. The number of hydrogen-bond donors (Lipinski definition) is 0. The minimum atomic E-state index is 0.615. The predicted octanol–water partition coefficient (Wildman–Crippen LogP) is 1.93. The topological polar surface area (TPSA) is 34.9 Å². The van der Waals surface area contributed by atoms with E-state index in [2.05, 4.69) is 4.98 Å². The van der Waals surface area contributed by atoms with E-state index in [4.69, 9.17) is 0 Å². The molecule has 74 valence electrons. The lowest BCUT2D eigenvalue weighted by Crippen LogP contribution is -1.88. The molecule has 0 saturated heterocycles. The van der Waals surface area contributed by atoms with Gasteiger partial charge in [-0.05, 0) is 0 Å².